The Labute approximate surface area is 123 Å². The zero-order valence-electron chi connectivity index (χ0n) is 13.2. The number of nitrogens with zero attached hydrogens (tertiary/aromatic N) is 1. The molecule has 4 heteroatoms. The first-order valence-electron chi connectivity index (χ1n) is 7.42. The third-order valence-electron chi connectivity index (χ3n) is 4.59. The maximum Gasteiger partial charge on any atom is 0.220 e. The van der Waals surface area contributed by atoms with Crippen LogP contribution in [0.3, 0.4) is 0 Å². The van der Waals surface area contributed by atoms with Crippen LogP contribution in [0.2, 0.25) is 18.1 Å². The molecule has 2 rings (SSSR count). The van der Waals surface area contributed by atoms with Crippen LogP contribution >= 0.6 is 0 Å². The number of hydrogen-bond donors (Lipinski definition) is 0. The number of rotatable bonds is 3. The average molecular weight is 295 g/mol. The van der Waals surface area contributed by atoms with E-state index in [1.54, 1.807) is 12.1 Å². The monoisotopic (exact) mass is 295 g/mol. The summed E-state index contributed by atoms with van der Waals surface area (Å²) in [7, 11) is -1.83. The molecule has 0 amide bonds. The molecule has 1 aliphatic rings. The topological polar surface area (TPSA) is 12.5 Å². The predicted molar refractivity (Wildman–Crippen MR) is 83.4 cm³/mol. The van der Waals surface area contributed by atoms with Gasteiger partial charge in [-0.3, -0.25) is 0 Å². The van der Waals surface area contributed by atoms with Gasteiger partial charge in [0.15, 0.2) is 0 Å². The van der Waals surface area contributed by atoms with Crippen molar-refractivity contribution in [1.82, 2.24) is 5.06 Å². The van der Waals surface area contributed by atoms with Gasteiger partial charge in [0.25, 0.3) is 0 Å². The zero-order chi connectivity index (χ0) is 15.0. The lowest BCUT2D eigenvalue weighted by Gasteiger charge is -2.40. The van der Waals surface area contributed by atoms with Crippen molar-refractivity contribution in [1.29, 1.82) is 0 Å². The van der Waals surface area contributed by atoms with E-state index >= 15 is 0 Å². The van der Waals surface area contributed by atoms with E-state index in [4.69, 9.17) is 4.53 Å². The molecular weight excluding hydrogens is 269 g/mol. The standard InChI is InChI=1S/C16H26FNOSi/c1-16(2,3)20(4,5)19-18-11-7-10-15(18)13-8-6-9-14(17)12-13/h6,8-9,12,15H,7,10-11H2,1-5H3. The summed E-state index contributed by atoms with van der Waals surface area (Å²) in [6.07, 6.45) is 2.15. The molecule has 1 aromatic rings. The first kappa shape index (κ1) is 15.7. The minimum atomic E-state index is -1.83. The number of halogens is 1. The summed E-state index contributed by atoms with van der Waals surface area (Å²) in [6.45, 7) is 12.2. The van der Waals surface area contributed by atoms with E-state index in [1.165, 1.54) is 6.07 Å². The Morgan fingerprint density at radius 2 is 2.00 bits per heavy atom. The van der Waals surface area contributed by atoms with E-state index in [0.29, 0.717) is 0 Å². The molecule has 0 spiro atoms. The molecule has 0 aliphatic carbocycles. The SMILES string of the molecule is CC(C)(C)[Si](C)(C)ON1CCCC1c1cccc(F)c1. The van der Waals surface area contributed by atoms with Crippen LogP contribution in [0.5, 0.6) is 0 Å². The molecule has 1 atom stereocenters. The van der Waals surface area contributed by atoms with E-state index < -0.39 is 8.32 Å². The fraction of sp³-hybridized carbons (Fsp3) is 0.625. The van der Waals surface area contributed by atoms with Gasteiger partial charge < -0.3 is 4.53 Å². The fourth-order valence-corrected chi connectivity index (χ4v) is 3.41. The van der Waals surface area contributed by atoms with Gasteiger partial charge in [0.1, 0.15) is 5.82 Å². The molecule has 1 heterocycles. The van der Waals surface area contributed by atoms with Gasteiger partial charge in [0.05, 0.1) is 6.04 Å². The average Bonchev–Trinajstić information content (AvgIpc) is 2.74. The van der Waals surface area contributed by atoms with Crippen molar-refractivity contribution in [3.05, 3.63) is 35.6 Å². The van der Waals surface area contributed by atoms with Gasteiger partial charge in [-0.2, -0.15) is 5.06 Å². The summed E-state index contributed by atoms with van der Waals surface area (Å²) in [5.74, 6) is -0.165. The largest absolute Gasteiger partial charge is 0.342 e. The summed E-state index contributed by atoms with van der Waals surface area (Å²) >= 11 is 0. The molecule has 0 saturated carbocycles. The van der Waals surface area contributed by atoms with Crippen molar-refractivity contribution in [2.45, 2.75) is 57.8 Å². The Hall–Kier alpha value is -0.713. The Balaban J connectivity index is 2.16. The van der Waals surface area contributed by atoms with Crippen molar-refractivity contribution in [2.24, 2.45) is 0 Å². The van der Waals surface area contributed by atoms with Gasteiger partial charge >= 0.3 is 0 Å². The van der Waals surface area contributed by atoms with Gasteiger partial charge in [-0.1, -0.05) is 32.9 Å². The maximum absolute atomic E-state index is 13.4. The molecule has 1 saturated heterocycles. The second-order valence-electron chi connectivity index (χ2n) is 7.21. The van der Waals surface area contributed by atoms with E-state index in [2.05, 4.69) is 38.9 Å². The third kappa shape index (κ3) is 3.30. The van der Waals surface area contributed by atoms with E-state index in [0.717, 1.165) is 24.9 Å². The number of hydrogen-bond acceptors (Lipinski definition) is 2. The van der Waals surface area contributed by atoms with Gasteiger partial charge in [-0.05, 0) is 48.7 Å². The minimum absolute atomic E-state index is 0.165. The van der Waals surface area contributed by atoms with Gasteiger partial charge in [-0.15, -0.1) is 0 Å². The van der Waals surface area contributed by atoms with Gasteiger partial charge in [0.2, 0.25) is 8.32 Å². The van der Waals surface area contributed by atoms with Crippen molar-refractivity contribution in [3.8, 4) is 0 Å². The maximum atomic E-state index is 13.4. The Morgan fingerprint density at radius 1 is 1.30 bits per heavy atom. The third-order valence-corrected chi connectivity index (χ3v) is 8.89. The van der Waals surface area contributed by atoms with Gasteiger partial charge in [0, 0.05) is 6.54 Å². The Bertz CT molecular complexity index is 470. The van der Waals surface area contributed by atoms with Crippen LogP contribution in [0.4, 0.5) is 4.39 Å². The molecule has 0 bridgehead atoms. The molecule has 0 radical (unpaired) electrons. The quantitative estimate of drug-likeness (QED) is 0.735. The highest BCUT2D eigenvalue weighted by atomic mass is 28.4. The molecule has 1 aromatic carbocycles. The second kappa shape index (κ2) is 5.58. The van der Waals surface area contributed by atoms with Crippen LogP contribution in [0.15, 0.2) is 24.3 Å². The second-order valence-corrected chi connectivity index (χ2v) is 11.9. The molecule has 112 valence electrons. The highest BCUT2D eigenvalue weighted by Crippen LogP contribution is 2.41. The van der Waals surface area contributed by atoms with E-state index in [1.807, 2.05) is 6.07 Å². The molecule has 0 N–H and O–H groups in total. The van der Waals surface area contributed by atoms with Gasteiger partial charge in [-0.25, -0.2) is 4.39 Å². The summed E-state index contributed by atoms with van der Waals surface area (Å²) in [5, 5.41) is 2.29. The molecule has 1 fully saturated rings. The van der Waals surface area contributed by atoms with E-state index in [-0.39, 0.29) is 16.9 Å². The zero-order valence-corrected chi connectivity index (χ0v) is 14.2. The predicted octanol–water partition coefficient (Wildman–Crippen LogP) is 4.90. The van der Waals surface area contributed by atoms with Crippen molar-refractivity contribution >= 4 is 8.32 Å². The molecule has 20 heavy (non-hydrogen) atoms. The number of hydroxylamine groups is 2. The highest BCUT2D eigenvalue weighted by Gasteiger charge is 2.42. The van der Waals surface area contributed by atoms with Crippen LogP contribution in [0.1, 0.15) is 45.2 Å². The van der Waals surface area contributed by atoms with Crippen LogP contribution in [-0.4, -0.2) is 19.9 Å². The Morgan fingerprint density at radius 3 is 2.60 bits per heavy atom. The Kier molecular flexibility index (Phi) is 4.37. The van der Waals surface area contributed by atoms with E-state index in [9.17, 15) is 4.39 Å². The van der Waals surface area contributed by atoms with Crippen molar-refractivity contribution in [3.63, 3.8) is 0 Å². The summed E-state index contributed by atoms with van der Waals surface area (Å²) in [4.78, 5) is 0. The first-order chi connectivity index (χ1) is 9.21. The van der Waals surface area contributed by atoms with Crippen molar-refractivity contribution in [2.75, 3.05) is 6.54 Å². The summed E-state index contributed by atoms with van der Waals surface area (Å²) in [5.41, 5.74) is 1.03. The highest BCUT2D eigenvalue weighted by molar-refractivity contribution is 6.74. The first-order valence-corrected chi connectivity index (χ1v) is 10.3. The molecule has 2 nitrogen and oxygen atoms in total. The lowest BCUT2D eigenvalue weighted by Crippen LogP contribution is -2.46. The van der Waals surface area contributed by atoms with Crippen LogP contribution in [0, 0.1) is 5.82 Å². The molecule has 1 aliphatic heterocycles. The normalized spacial score (nSPS) is 21.4. The fourth-order valence-electron chi connectivity index (χ4n) is 2.33. The van der Waals surface area contributed by atoms with Crippen molar-refractivity contribution < 1.29 is 8.92 Å². The minimum Gasteiger partial charge on any atom is -0.342 e. The lowest BCUT2D eigenvalue weighted by atomic mass is 10.1. The lowest BCUT2D eigenvalue weighted by molar-refractivity contribution is -0.0863. The van der Waals surface area contributed by atoms with Crippen LogP contribution < -0.4 is 0 Å². The molecule has 0 aromatic heterocycles. The molecular formula is C16H26FNOSi. The van der Waals surface area contributed by atoms with Crippen LogP contribution in [0.25, 0.3) is 0 Å². The van der Waals surface area contributed by atoms with Crippen LogP contribution in [-0.2, 0) is 4.53 Å². The summed E-state index contributed by atoms with van der Waals surface area (Å²) < 4.78 is 19.8. The molecule has 1 unspecified atom stereocenters. The summed E-state index contributed by atoms with van der Waals surface area (Å²) in [6, 6.07) is 7.11. The number of benzene rings is 1. The smallest absolute Gasteiger partial charge is 0.220 e.